The highest BCUT2D eigenvalue weighted by atomic mass is 32.2. The molecule has 0 spiro atoms. The van der Waals surface area contributed by atoms with Crippen LogP contribution in [-0.4, -0.2) is 74.0 Å². The Morgan fingerprint density at radius 2 is 1.76 bits per heavy atom. The van der Waals surface area contributed by atoms with Gasteiger partial charge in [0.2, 0.25) is 0 Å². The molecule has 258 valence electrons. The van der Waals surface area contributed by atoms with Crippen LogP contribution in [0.4, 0.5) is 17.1 Å². The number of anilines is 3. The summed E-state index contributed by atoms with van der Waals surface area (Å²) in [5, 5.41) is 12.9. The minimum absolute atomic E-state index is 0.107. The lowest BCUT2D eigenvalue weighted by Gasteiger charge is -2.38. The number of carbonyl (C=O) groups is 2. The largest absolute Gasteiger partial charge is 0.488 e. The van der Waals surface area contributed by atoms with E-state index in [0.717, 1.165) is 11.1 Å². The van der Waals surface area contributed by atoms with E-state index >= 15 is 0 Å². The van der Waals surface area contributed by atoms with E-state index in [4.69, 9.17) is 10.5 Å². The van der Waals surface area contributed by atoms with Crippen molar-refractivity contribution in [1.82, 2.24) is 9.80 Å². The molecule has 0 unspecified atom stereocenters. The van der Waals surface area contributed by atoms with Crippen molar-refractivity contribution in [3.8, 4) is 5.75 Å². The molecule has 5 N–H and O–H groups in total. The number of amides is 2. The number of aliphatic hydroxyl groups excluding tert-OH is 1. The SMILES string of the molecule is Cc1ccc(S(=O)(=O)Nc2ccc3c(c2)C(=O)N([C@@H](C)CO)C[C@H](C)[C@@H](CN(C)Cc2ccc(C(=O)Nc4ccccc4N)cc2)O3)cc1. The van der Waals surface area contributed by atoms with Crippen molar-refractivity contribution < 1.29 is 27.9 Å². The van der Waals surface area contributed by atoms with Gasteiger partial charge in [-0.25, -0.2) is 8.42 Å². The molecule has 3 atom stereocenters. The lowest BCUT2D eigenvalue weighted by Crippen LogP contribution is -2.49. The molecule has 1 aliphatic heterocycles. The third kappa shape index (κ3) is 8.58. The van der Waals surface area contributed by atoms with Crippen molar-refractivity contribution in [3.63, 3.8) is 0 Å². The Hall–Kier alpha value is -4.91. The molecule has 4 aromatic rings. The minimum atomic E-state index is -3.90. The van der Waals surface area contributed by atoms with Gasteiger partial charge in [-0.3, -0.25) is 19.2 Å². The second-order valence-electron chi connectivity index (χ2n) is 12.7. The summed E-state index contributed by atoms with van der Waals surface area (Å²) in [5.41, 5.74) is 9.86. The van der Waals surface area contributed by atoms with Crippen LogP contribution in [0.25, 0.3) is 0 Å². The van der Waals surface area contributed by atoms with E-state index in [0.29, 0.717) is 42.3 Å². The van der Waals surface area contributed by atoms with Crippen LogP contribution in [0, 0.1) is 12.8 Å². The zero-order chi connectivity index (χ0) is 35.3. The van der Waals surface area contributed by atoms with E-state index in [1.165, 1.54) is 18.2 Å². The first-order chi connectivity index (χ1) is 23.3. The van der Waals surface area contributed by atoms with Gasteiger partial charge in [0.1, 0.15) is 11.9 Å². The molecule has 0 bridgehead atoms. The first-order valence-electron chi connectivity index (χ1n) is 16.1. The highest BCUT2D eigenvalue weighted by Gasteiger charge is 2.34. The van der Waals surface area contributed by atoms with E-state index < -0.39 is 16.1 Å². The van der Waals surface area contributed by atoms with Crippen LogP contribution in [0.3, 0.4) is 0 Å². The Morgan fingerprint density at radius 1 is 1.06 bits per heavy atom. The molecular formula is C37H43N5O6S. The Labute approximate surface area is 287 Å². The van der Waals surface area contributed by atoms with E-state index in [1.54, 1.807) is 66.4 Å². The predicted octanol–water partition coefficient (Wildman–Crippen LogP) is 4.98. The van der Waals surface area contributed by atoms with Gasteiger partial charge in [0.25, 0.3) is 21.8 Å². The van der Waals surface area contributed by atoms with Crippen LogP contribution >= 0.6 is 0 Å². The van der Waals surface area contributed by atoms with Gasteiger partial charge < -0.3 is 25.8 Å². The number of hydrogen-bond donors (Lipinski definition) is 4. The summed E-state index contributed by atoms with van der Waals surface area (Å²) in [6.45, 7) is 6.83. The standard InChI is InChI=1S/C37H43N5O6S/c1-24-9-16-30(17-10-24)49(46,47)40-29-15-18-34-31(19-29)37(45)42(26(3)23-43)20-25(2)35(48-34)22-41(4)21-27-11-13-28(14-12-27)36(44)39-33-8-6-5-7-32(33)38/h5-19,25-26,35,40,43H,20-23,38H2,1-4H3,(H,39,44)/t25-,26-,35+/m0/s1. The van der Waals surface area contributed by atoms with Crippen molar-refractivity contribution in [2.24, 2.45) is 5.92 Å². The predicted molar refractivity (Wildman–Crippen MR) is 191 cm³/mol. The number of nitrogen functional groups attached to an aromatic ring is 1. The smallest absolute Gasteiger partial charge is 0.261 e. The fourth-order valence-electron chi connectivity index (χ4n) is 5.69. The van der Waals surface area contributed by atoms with E-state index in [-0.39, 0.29) is 46.6 Å². The second-order valence-corrected chi connectivity index (χ2v) is 14.4. The molecule has 12 heteroatoms. The van der Waals surface area contributed by atoms with Crippen LogP contribution in [-0.2, 0) is 16.6 Å². The number of carbonyl (C=O) groups excluding carboxylic acids is 2. The summed E-state index contributed by atoms with van der Waals surface area (Å²) in [5.74, 6) is -0.385. The Kier molecular flexibility index (Phi) is 10.9. The number of sulfonamides is 1. The molecule has 11 nitrogen and oxygen atoms in total. The number of rotatable bonds is 11. The summed E-state index contributed by atoms with van der Waals surface area (Å²) < 4.78 is 35.3. The zero-order valence-electron chi connectivity index (χ0n) is 28.1. The quantitative estimate of drug-likeness (QED) is 0.161. The summed E-state index contributed by atoms with van der Waals surface area (Å²) in [6.07, 6.45) is -0.346. The molecule has 4 aromatic carbocycles. The summed E-state index contributed by atoms with van der Waals surface area (Å²) in [7, 11) is -1.93. The fourth-order valence-corrected chi connectivity index (χ4v) is 6.74. The zero-order valence-corrected chi connectivity index (χ0v) is 28.9. The van der Waals surface area contributed by atoms with Crippen LogP contribution in [0.1, 0.15) is 45.7 Å². The molecule has 0 aromatic heterocycles. The minimum Gasteiger partial charge on any atom is -0.488 e. The topological polar surface area (TPSA) is 154 Å². The molecule has 0 saturated carbocycles. The number of nitrogens with zero attached hydrogens (tertiary/aromatic N) is 2. The molecule has 5 rings (SSSR count). The molecule has 2 amide bonds. The molecule has 49 heavy (non-hydrogen) atoms. The Morgan fingerprint density at radius 3 is 2.43 bits per heavy atom. The average Bonchev–Trinajstić information content (AvgIpc) is 3.07. The van der Waals surface area contributed by atoms with Gasteiger partial charge in [0, 0.05) is 36.8 Å². The van der Waals surface area contributed by atoms with Crippen molar-refractivity contribution >= 4 is 38.9 Å². The number of ether oxygens (including phenoxy) is 1. The first kappa shape index (κ1) is 35.4. The number of likely N-dealkylation sites (N-methyl/N-ethyl adjacent to an activating group) is 1. The van der Waals surface area contributed by atoms with Crippen LogP contribution in [0.5, 0.6) is 5.75 Å². The van der Waals surface area contributed by atoms with Gasteiger partial charge in [0.05, 0.1) is 34.5 Å². The maximum atomic E-state index is 13.8. The van der Waals surface area contributed by atoms with Crippen molar-refractivity contribution in [2.45, 2.75) is 44.4 Å². The molecule has 0 saturated heterocycles. The van der Waals surface area contributed by atoms with Gasteiger partial charge in [-0.05, 0) is 81.1 Å². The van der Waals surface area contributed by atoms with Gasteiger partial charge in [-0.2, -0.15) is 0 Å². The van der Waals surface area contributed by atoms with Crippen LogP contribution in [0.2, 0.25) is 0 Å². The maximum Gasteiger partial charge on any atom is 0.261 e. The lowest BCUT2D eigenvalue weighted by atomic mass is 9.99. The number of nitrogens with one attached hydrogen (secondary N) is 2. The van der Waals surface area contributed by atoms with Gasteiger partial charge in [0.15, 0.2) is 0 Å². The monoisotopic (exact) mass is 685 g/mol. The number of nitrogens with two attached hydrogens (primary N) is 1. The van der Waals surface area contributed by atoms with Crippen LogP contribution < -0.4 is 20.5 Å². The maximum absolute atomic E-state index is 13.8. The average molecular weight is 686 g/mol. The van der Waals surface area contributed by atoms with Gasteiger partial charge >= 0.3 is 0 Å². The molecule has 1 aliphatic rings. The number of aryl methyl sites for hydroxylation is 1. The van der Waals surface area contributed by atoms with Crippen molar-refractivity contribution in [3.05, 3.63) is 113 Å². The summed E-state index contributed by atoms with van der Waals surface area (Å²) in [6, 6.07) is 25.1. The van der Waals surface area contributed by atoms with E-state index in [2.05, 4.69) is 14.9 Å². The number of hydrogen-bond acceptors (Lipinski definition) is 8. The van der Waals surface area contributed by atoms with Gasteiger partial charge in [-0.15, -0.1) is 0 Å². The normalized spacial score (nSPS) is 17.0. The molecule has 0 aliphatic carbocycles. The highest BCUT2D eigenvalue weighted by molar-refractivity contribution is 7.92. The summed E-state index contributed by atoms with van der Waals surface area (Å²) >= 11 is 0. The fraction of sp³-hybridized carbons (Fsp3) is 0.297. The second kappa shape index (κ2) is 15.1. The highest BCUT2D eigenvalue weighted by Crippen LogP contribution is 2.31. The van der Waals surface area contributed by atoms with E-state index in [1.807, 2.05) is 39.1 Å². The number of fused-ring (bicyclic) bond motifs is 1. The number of benzene rings is 4. The van der Waals surface area contributed by atoms with Crippen molar-refractivity contribution in [2.75, 3.05) is 42.5 Å². The third-order valence-electron chi connectivity index (χ3n) is 8.62. The number of aliphatic hydroxyl groups is 1. The lowest BCUT2D eigenvalue weighted by molar-refractivity contribution is 0.0341. The van der Waals surface area contributed by atoms with E-state index in [9.17, 15) is 23.1 Å². The number of para-hydroxylation sites is 2. The van der Waals surface area contributed by atoms with Crippen molar-refractivity contribution in [1.29, 1.82) is 0 Å². The first-order valence-corrected chi connectivity index (χ1v) is 17.6. The molecule has 0 radical (unpaired) electrons. The van der Waals surface area contributed by atoms with Gasteiger partial charge in [-0.1, -0.05) is 48.9 Å². The Bertz CT molecular complexity index is 1900. The summed E-state index contributed by atoms with van der Waals surface area (Å²) in [4.78, 5) is 30.4. The molecule has 0 fully saturated rings. The Balaban J connectivity index is 1.32. The van der Waals surface area contributed by atoms with Crippen LogP contribution in [0.15, 0.2) is 95.9 Å². The molecular weight excluding hydrogens is 643 g/mol. The molecule has 1 heterocycles. The third-order valence-corrected chi connectivity index (χ3v) is 10.0.